The standard InChI is InChI=1S/C17H21N5O4S/c1-12(23)19-13-2-4-15(5-3-13)27(25,26)22-10-7-14(8-11-22)20-17(24)16-6-9-18-21-16/h2-6,9,14H,7-8,10-11H2,1H3,(H,18,21)(H,19,23)(H,20,24). The van der Waals surface area contributed by atoms with Crippen molar-refractivity contribution in [1.82, 2.24) is 19.8 Å². The maximum absolute atomic E-state index is 12.8. The Kier molecular flexibility index (Phi) is 5.57. The maximum atomic E-state index is 12.8. The highest BCUT2D eigenvalue weighted by atomic mass is 32.2. The van der Waals surface area contributed by atoms with Gasteiger partial charge >= 0.3 is 0 Å². The van der Waals surface area contributed by atoms with E-state index in [9.17, 15) is 18.0 Å². The van der Waals surface area contributed by atoms with Gasteiger partial charge < -0.3 is 10.6 Å². The van der Waals surface area contributed by atoms with Gasteiger partial charge in [0.25, 0.3) is 5.91 Å². The van der Waals surface area contributed by atoms with E-state index in [0.717, 1.165) is 0 Å². The van der Waals surface area contributed by atoms with Crippen molar-refractivity contribution in [2.75, 3.05) is 18.4 Å². The summed E-state index contributed by atoms with van der Waals surface area (Å²) in [5, 5.41) is 11.9. The van der Waals surface area contributed by atoms with Gasteiger partial charge in [0.1, 0.15) is 5.69 Å². The first-order valence-corrected chi connectivity index (χ1v) is 9.99. The predicted octanol–water partition coefficient (Wildman–Crippen LogP) is 0.951. The zero-order chi connectivity index (χ0) is 19.4. The van der Waals surface area contributed by atoms with Gasteiger partial charge in [0, 0.05) is 37.9 Å². The van der Waals surface area contributed by atoms with Gasteiger partial charge in [-0.25, -0.2) is 8.42 Å². The number of H-pyrrole nitrogens is 1. The van der Waals surface area contributed by atoms with E-state index in [0.29, 0.717) is 37.3 Å². The van der Waals surface area contributed by atoms with E-state index in [2.05, 4.69) is 20.8 Å². The number of hydrogen-bond acceptors (Lipinski definition) is 5. The summed E-state index contributed by atoms with van der Waals surface area (Å²) in [5.41, 5.74) is 0.852. The lowest BCUT2D eigenvalue weighted by Gasteiger charge is -2.31. The molecule has 1 aromatic heterocycles. The van der Waals surface area contributed by atoms with E-state index in [1.54, 1.807) is 24.4 Å². The number of rotatable bonds is 5. The smallest absolute Gasteiger partial charge is 0.271 e. The Morgan fingerprint density at radius 1 is 1.15 bits per heavy atom. The summed E-state index contributed by atoms with van der Waals surface area (Å²) < 4.78 is 27.0. The molecule has 9 nitrogen and oxygen atoms in total. The number of amides is 2. The Hall–Kier alpha value is -2.72. The van der Waals surface area contributed by atoms with E-state index in [1.807, 2.05) is 0 Å². The second-order valence-corrected chi connectivity index (χ2v) is 8.25. The van der Waals surface area contributed by atoms with Gasteiger partial charge in [0.15, 0.2) is 0 Å². The second-order valence-electron chi connectivity index (χ2n) is 6.32. The van der Waals surface area contributed by atoms with Crippen molar-refractivity contribution in [3.8, 4) is 0 Å². The lowest BCUT2D eigenvalue weighted by molar-refractivity contribution is -0.114. The molecule has 3 N–H and O–H groups in total. The van der Waals surface area contributed by atoms with Crippen LogP contribution in [-0.4, -0.2) is 53.9 Å². The van der Waals surface area contributed by atoms with Crippen LogP contribution in [0.3, 0.4) is 0 Å². The number of aromatic nitrogens is 2. The Morgan fingerprint density at radius 2 is 1.81 bits per heavy atom. The molecule has 1 aliphatic rings. The van der Waals surface area contributed by atoms with Crippen LogP contribution < -0.4 is 10.6 Å². The largest absolute Gasteiger partial charge is 0.348 e. The predicted molar refractivity (Wildman–Crippen MR) is 98.6 cm³/mol. The summed E-state index contributed by atoms with van der Waals surface area (Å²) in [6, 6.07) is 7.57. The molecule has 0 aliphatic carbocycles. The number of hydrogen-bond donors (Lipinski definition) is 3. The molecule has 1 saturated heterocycles. The molecule has 0 atom stereocenters. The van der Waals surface area contributed by atoms with Crippen LogP contribution in [-0.2, 0) is 14.8 Å². The number of carbonyl (C=O) groups excluding carboxylic acids is 2. The van der Waals surface area contributed by atoms with Crippen LogP contribution in [0.15, 0.2) is 41.4 Å². The van der Waals surface area contributed by atoms with Gasteiger partial charge in [0.05, 0.1) is 4.90 Å². The zero-order valence-electron chi connectivity index (χ0n) is 14.8. The van der Waals surface area contributed by atoms with E-state index in [-0.39, 0.29) is 22.8 Å². The monoisotopic (exact) mass is 391 g/mol. The summed E-state index contributed by atoms with van der Waals surface area (Å²) >= 11 is 0. The van der Waals surface area contributed by atoms with Crippen LogP contribution >= 0.6 is 0 Å². The van der Waals surface area contributed by atoms with Gasteiger partial charge in [-0.1, -0.05) is 0 Å². The fourth-order valence-electron chi connectivity index (χ4n) is 2.95. The molecular formula is C17H21N5O4S. The number of piperidine rings is 1. The van der Waals surface area contributed by atoms with Crippen molar-refractivity contribution in [3.05, 3.63) is 42.2 Å². The summed E-state index contributed by atoms with van der Waals surface area (Å²) in [6.45, 7) is 2.03. The summed E-state index contributed by atoms with van der Waals surface area (Å²) in [4.78, 5) is 23.3. The molecule has 27 heavy (non-hydrogen) atoms. The summed E-state index contributed by atoms with van der Waals surface area (Å²) in [6.07, 6.45) is 2.63. The van der Waals surface area contributed by atoms with E-state index >= 15 is 0 Å². The Morgan fingerprint density at radius 3 is 2.37 bits per heavy atom. The first-order chi connectivity index (χ1) is 12.9. The van der Waals surface area contributed by atoms with E-state index < -0.39 is 10.0 Å². The fourth-order valence-corrected chi connectivity index (χ4v) is 4.42. The quantitative estimate of drug-likeness (QED) is 0.700. The maximum Gasteiger partial charge on any atom is 0.271 e. The van der Waals surface area contributed by atoms with Crippen molar-refractivity contribution in [2.45, 2.75) is 30.7 Å². The molecule has 2 heterocycles. The lowest BCUT2D eigenvalue weighted by Crippen LogP contribution is -2.46. The SMILES string of the molecule is CC(=O)Nc1ccc(S(=O)(=O)N2CCC(NC(=O)c3cc[nH]n3)CC2)cc1. The highest BCUT2D eigenvalue weighted by Gasteiger charge is 2.30. The minimum absolute atomic E-state index is 0.0946. The third-order valence-corrected chi connectivity index (χ3v) is 6.25. The van der Waals surface area contributed by atoms with Crippen molar-refractivity contribution in [1.29, 1.82) is 0 Å². The number of sulfonamides is 1. The van der Waals surface area contributed by atoms with Gasteiger partial charge in [-0.2, -0.15) is 9.40 Å². The average molecular weight is 391 g/mol. The Labute approximate surface area is 157 Å². The van der Waals surface area contributed by atoms with E-state index in [1.165, 1.54) is 23.4 Å². The molecule has 1 aliphatic heterocycles. The minimum atomic E-state index is -3.61. The van der Waals surface area contributed by atoms with Crippen molar-refractivity contribution in [3.63, 3.8) is 0 Å². The van der Waals surface area contributed by atoms with Crippen molar-refractivity contribution < 1.29 is 18.0 Å². The van der Waals surface area contributed by atoms with Crippen LogP contribution in [0.5, 0.6) is 0 Å². The van der Waals surface area contributed by atoms with Crippen LogP contribution in [0.4, 0.5) is 5.69 Å². The second kappa shape index (κ2) is 7.89. The molecule has 0 bridgehead atoms. The topological polar surface area (TPSA) is 124 Å². The molecule has 1 aromatic carbocycles. The molecule has 10 heteroatoms. The number of nitrogens with one attached hydrogen (secondary N) is 3. The molecule has 0 unspecified atom stereocenters. The highest BCUT2D eigenvalue weighted by Crippen LogP contribution is 2.22. The molecule has 3 rings (SSSR count). The molecule has 144 valence electrons. The number of nitrogens with zero attached hydrogens (tertiary/aromatic N) is 2. The normalized spacial score (nSPS) is 16.0. The summed E-state index contributed by atoms with van der Waals surface area (Å²) in [5.74, 6) is -0.490. The van der Waals surface area contributed by atoms with Gasteiger partial charge in [-0.05, 0) is 43.2 Å². The van der Waals surface area contributed by atoms with Crippen LogP contribution in [0.1, 0.15) is 30.3 Å². The third-order valence-electron chi connectivity index (χ3n) is 4.33. The number of anilines is 1. The number of aromatic amines is 1. The summed E-state index contributed by atoms with van der Waals surface area (Å²) in [7, 11) is -3.61. The number of carbonyl (C=O) groups is 2. The van der Waals surface area contributed by atoms with Crippen molar-refractivity contribution >= 4 is 27.5 Å². The fraction of sp³-hybridized carbons (Fsp3) is 0.353. The molecular weight excluding hydrogens is 370 g/mol. The lowest BCUT2D eigenvalue weighted by atomic mass is 10.1. The molecule has 2 amide bonds. The number of benzene rings is 1. The van der Waals surface area contributed by atoms with E-state index in [4.69, 9.17) is 0 Å². The minimum Gasteiger partial charge on any atom is -0.348 e. The van der Waals surface area contributed by atoms with Gasteiger partial charge in [-0.3, -0.25) is 14.7 Å². The third kappa shape index (κ3) is 4.52. The van der Waals surface area contributed by atoms with Crippen LogP contribution in [0.2, 0.25) is 0 Å². The molecule has 1 fully saturated rings. The highest BCUT2D eigenvalue weighted by molar-refractivity contribution is 7.89. The molecule has 0 radical (unpaired) electrons. The Bertz CT molecular complexity index is 901. The van der Waals surface area contributed by atoms with Gasteiger partial charge in [0.2, 0.25) is 15.9 Å². The molecule has 2 aromatic rings. The van der Waals surface area contributed by atoms with Crippen LogP contribution in [0, 0.1) is 0 Å². The Balaban J connectivity index is 1.59. The first kappa shape index (κ1) is 19.1. The first-order valence-electron chi connectivity index (χ1n) is 8.55. The average Bonchev–Trinajstić information content (AvgIpc) is 3.17. The zero-order valence-corrected chi connectivity index (χ0v) is 15.6. The molecule has 0 spiro atoms. The van der Waals surface area contributed by atoms with Crippen molar-refractivity contribution in [2.24, 2.45) is 0 Å². The molecule has 0 saturated carbocycles. The van der Waals surface area contributed by atoms with Crippen LogP contribution in [0.25, 0.3) is 0 Å². The van der Waals surface area contributed by atoms with Gasteiger partial charge in [-0.15, -0.1) is 0 Å².